The van der Waals surface area contributed by atoms with Gasteiger partial charge in [-0.2, -0.15) is 0 Å². The first kappa shape index (κ1) is 13.9. The Morgan fingerprint density at radius 3 is 3.11 bits per heavy atom. The van der Waals surface area contributed by atoms with Crippen LogP contribution < -0.4 is 5.32 Å². The van der Waals surface area contributed by atoms with Crippen LogP contribution in [0.3, 0.4) is 0 Å². The fourth-order valence-corrected chi connectivity index (χ4v) is 2.91. The number of rotatable bonds is 5. The first-order chi connectivity index (χ1) is 8.62. The summed E-state index contributed by atoms with van der Waals surface area (Å²) in [6.07, 6.45) is 2.15. The van der Waals surface area contributed by atoms with E-state index in [4.69, 9.17) is 4.74 Å². The van der Waals surface area contributed by atoms with Gasteiger partial charge in [0.1, 0.15) is 5.01 Å². The molecule has 1 unspecified atom stereocenters. The smallest absolute Gasteiger partial charge is 0.112 e. The lowest BCUT2D eigenvalue weighted by Crippen LogP contribution is -2.49. The molecule has 5 heteroatoms. The number of hydrogen-bond donors (Lipinski definition) is 1. The zero-order valence-corrected chi connectivity index (χ0v) is 12.3. The van der Waals surface area contributed by atoms with Crippen LogP contribution in [0.4, 0.5) is 0 Å². The molecule has 1 aromatic heterocycles. The minimum atomic E-state index is -0.0774. The third-order valence-electron chi connectivity index (χ3n) is 3.41. The van der Waals surface area contributed by atoms with Crippen molar-refractivity contribution >= 4 is 11.3 Å². The van der Waals surface area contributed by atoms with E-state index in [0.717, 1.165) is 37.8 Å². The summed E-state index contributed by atoms with van der Waals surface area (Å²) < 4.78 is 5.80. The number of morpholine rings is 1. The summed E-state index contributed by atoms with van der Waals surface area (Å²) in [5, 5.41) is 6.72. The molecule has 4 nitrogen and oxygen atoms in total. The Morgan fingerprint density at radius 2 is 2.44 bits per heavy atom. The standard InChI is InChI=1S/C13H23N3OS/c1-4-16-6-7-17-11(10-16)9-15-13(2,3)12-14-5-8-18-12/h5,8,11,15H,4,6-7,9-10H2,1-3H3. The molecule has 102 valence electrons. The van der Waals surface area contributed by atoms with Crippen molar-refractivity contribution in [2.45, 2.75) is 32.4 Å². The maximum atomic E-state index is 5.80. The van der Waals surface area contributed by atoms with Crippen molar-refractivity contribution in [3.63, 3.8) is 0 Å². The molecule has 0 spiro atoms. The molecule has 1 aliphatic heterocycles. The van der Waals surface area contributed by atoms with Gasteiger partial charge in [0.15, 0.2) is 0 Å². The van der Waals surface area contributed by atoms with Gasteiger partial charge in [-0.05, 0) is 20.4 Å². The van der Waals surface area contributed by atoms with Gasteiger partial charge in [0.25, 0.3) is 0 Å². The van der Waals surface area contributed by atoms with Crippen LogP contribution in [0.2, 0.25) is 0 Å². The minimum Gasteiger partial charge on any atom is -0.374 e. The molecule has 1 atom stereocenters. The molecule has 0 aromatic carbocycles. The molecule has 1 aliphatic rings. The van der Waals surface area contributed by atoms with E-state index < -0.39 is 0 Å². The van der Waals surface area contributed by atoms with Crippen LogP contribution in [0, 0.1) is 0 Å². The highest BCUT2D eigenvalue weighted by Gasteiger charge is 2.26. The third-order valence-corrected chi connectivity index (χ3v) is 4.51. The molecule has 18 heavy (non-hydrogen) atoms. The summed E-state index contributed by atoms with van der Waals surface area (Å²) in [5.41, 5.74) is -0.0774. The van der Waals surface area contributed by atoms with E-state index in [1.165, 1.54) is 0 Å². The first-order valence-electron chi connectivity index (χ1n) is 6.61. The maximum Gasteiger partial charge on any atom is 0.112 e. The predicted octanol–water partition coefficient (Wildman–Crippen LogP) is 1.69. The Bertz CT molecular complexity index is 353. The van der Waals surface area contributed by atoms with Crippen LogP contribution in [0.25, 0.3) is 0 Å². The number of nitrogens with zero attached hydrogens (tertiary/aromatic N) is 2. The molecule has 1 N–H and O–H groups in total. The van der Waals surface area contributed by atoms with Crippen molar-refractivity contribution in [3.05, 3.63) is 16.6 Å². The van der Waals surface area contributed by atoms with E-state index in [2.05, 4.69) is 36.0 Å². The molecule has 0 radical (unpaired) electrons. The Labute approximate surface area is 113 Å². The lowest BCUT2D eigenvalue weighted by Gasteiger charge is -2.34. The van der Waals surface area contributed by atoms with E-state index >= 15 is 0 Å². The number of hydrogen-bond acceptors (Lipinski definition) is 5. The molecule has 0 aliphatic carbocycles. The van der Waals surface area contributed by atoms with E-state index in [0.29, 0.717) is 0 Å². The number of thiazole rings is 1. The van der Waals surface area contributed by atoms with Gasteiger partial charge in [0, 0.05) is 31.2 Å². The zero-order valence-electron chi connectivity index (χ0n) is 11.5. The van der Waals surface area contributed by atoms with E-state index in [9.17, 15) is 0 Å². The SMILES string of the molecule is CCN1CCOC(CNC(C)(C)c2nccs2)C1. The Morgan fingerprint density at radius 1 is 1.61 bits per heavy atom. The molecular weight excluding hydrogens is 246 g/mol. The van der Waals surface area contributed by atoms with Gasteiger partial charge >= 0.3 is 0 Å². The molecule has 2 heterocycles. The van der Waals surface area contributed by atoms with Crippen molar-refractivity contribution in [3.8, 4) is 0 Å². The highest BCUT2D eigenvalue weighted by molar-refractivity contribution is 7.09. The molecule has 0 bridgehead atoms. The van der Waals surface area contributed by atoms with Crippen LogP contribution in [-0.4, -0.2) is 48.8 Å². The largest absolute Gasteiger partial charge is 0.374 e. The van der Waals surface area contributed by atoms with Gasteiger partial charge in [-0.3, -0.25) is 4.90 Å². The summed E-state index contributed by atoms with van der Waals surface area (Å²) >= 11 is 1.70. The molecule has 1 fully saturated rings. The number of aromatic nitrogens is 1. The normalized spacial score (nSPS) is 22.3. The van der Waals surface area contributed by atoms with Crippen molar-refractivity contribution in [1.29, 1.82) is 0 Å². The minimum absolute atomic E-state index is 0.0774. The fourth-order valence-electron chi connectivity index (χ4n) is 2.17. The van der Waals surface area contributed by atoms with Crippen LogP contribution in [0.1, 0.15) is 25.8 Å². The summed E-state index contributed by atoms with van der Waals surface area (Å²) in [5.74, 6) is 0. The van der Waals surface area contributed by atoms with Crippen molar-refractivity contribution in [1.82, 2.24) is 15.2 Å². The van der Waals surface area contributed by atoms with Gasteiger partial charge in [-0.1, -0.05) is 6.92 Å². The lowest BCUT2D eigenvalue weighted by atomic mass is 10.1. The molecule has 2 rings (SSSR count). The van der Waals surface area contributed by atoms with Gasteiger partial charge < -0.3 is 10.1 Å². The van der Waals surface area contributed by atoms with Crippen molar-refractivity contribution in [2.75, 3.05) is 32.8 Å². The monoisotopic (exact) mass is 269 g/mol. The number of nitrogens with one attached hydrogen (secondary N) is 1. The van der Waals surface area contributed by atoms with Crippen molar-refractivity contribution < 1.29 is 4.74 Å². The quantitative estimate of drug-likeness (QED) is 0.882. The summed E-state index contributed by atoms with van der Waals surface area (Å²) in [4.78, 5) is 6.82. The highest BCUT2D eigenvalue weighted by Crippen LogP contribution is 2.22. The molecule has 0 amide bonds. The summed E-state index contributed by atoms with van der Waals surface area (Å²) in [6.45, 7) is 11.5. The second-order valence-corrected chi connectivity index (χ2v) is 6.12. The highest BCUT2D eigenvalue weighted by atomic mass is 32.1. The van der Waals surface area contributed by atoms with Gasteiger partial charge in [-0.15, -0.1) is 11.3 Å². The van der Waals surface area contributed by atoms with E-state index in [1.54, 1.807) is 11.3 Å². The lowest BCUT2D eigenvalue weighted by molar-refractivity contribution is -0.0280. The molecular formula is C13H23N3OS. The van der Waals surface area contributed by atoms with Crippen molar-refractivity contribution in [2.24, 2.45) is 0 Å². The fraction of sp³-hybridized carbons (Fsp3) is 0.769. The first-order valence-corrected chi connectivity index (χ1v) is 7.48. The Kier molecular flexibility index (Phi) is 4.72. The Hall–Kier alpha value is -0.490. The molecule has 0 saturated carbocycles. The van der Waals surface area contributed by atoms with Crippen LogP contribution in [-0.2, 0) is 10.3 Å². The molecule has 1 saturated heterocycles. The Balaban J connectivity index is 1.84. The zero-order chi connectivity index (χ0) is 13.0. The second kappa shape index (κ2) is 6.10. The van der Waals surface area contributed by atoms with Gasteiger partial charge in [0.05, 0.1) is 18.2 Å². The van der Waals surface area contributed by atoms with Gasteiger partial charge in [0.2, 0.25) is 0 Å². The average Bonchev–Trinajstić information content (AvgIpc) is 2.91. The summed E-state index contributed by atoms with van der Waals surface area (Å²) in [7, 11) is 0. The average molecular weight is 269 g/mol. The van der Waals surface area contributed by atoms with Crippen LogP contribution in [0.5, 0.6) is 0 Å². The molecule has 1 aromatic rings. The van der Waals surface area contributed by atoms with Crippen LogP contribution >= 0.6 is 11.3 Å². The number of likely N-dealkylation sites (N-methyl/N-ethyl adjacent to an activating group) is 1. The van der Waals surface area contributed by atoms with Gasteiger partial charge in [-0.25, -0.2) is 4.98 Å². The maximum absolute atomic E-state index is 5.80. The summed E-state index contributed by atoms with van der Waals surface area (Å²) in [6, 6.07) is 0. The predicted molar refractivity (Wildman–Crippen MR) is 75.0 cm³/mol. The van der Waals surface area contributed by atoms with E-state index in [1.807, 2.05) is 11.6 Å². The second-order valence-electron chi connectivity index (χ2n) is 5.23. The van der Waals surface area contributed by atoms with E-state index in [-0.39, 0.29) is 11.6 Å². The topological polar surface area (TPSA) is 37.4 Å². The van der Waals surface area contributed by atoms with Crippen LogP contribution in [0.15, 0.2) is 11.6 Å². The third kappa shape index (κ3) is 3.51. The number of ether oxygens (including phenoxy) is 1.